The van der Waals surface area contributed by atoms with Gasteiger partial charge in [-0.2, -0.15) is 0 Å². The molecule has 2 nitrogen and oxygen atoms in total. The van der Waals surface area contributed by atoms with Gasteiger partial charge in [0.15, 0.2) is 5.78 Å². The maximum atomic E-state index is 12.8. The number of rotatable bonds is 2. The molecule has 3 aliphatic carbocycles. The summed E-state index contributed by atoms with van der Waals surface area (Å²) in [5, 5.41) is 0.467. The van der Waals surface area contributed by atoms with Crippen molar-refractivity contribution in [1.82, 2.24) is 0 Å². The highest BCUT2D eigenvalue weighted by atomic mass is 32.2. The van der Waals surface area contributed by atoms with Gasteiger partial charge in [-0.25, -0.2) is 0 Å². The fraction of sp³-hybridized carbons (Fsp3) is 0.700. The summed E-state index contributed by atoms with van der Waals surface area (Å²) >= 11 is 1.99. The number of hydrogen-bond donors (Lipinski definition) is 0. The van der Waals surface area contributed by atoms with Crippen LogP contribution in [-0.2, 0) is 9.59 Å². The summed E-state index contributed by atoms with van der Waals surface area (Å²) in [5.74, 6) is 1.92. The Morgan fingerprint density at radius 1 is 1.22 bits per heavy atom. The maximum Gasteiger partial charge on any atom is 0.156 e. The van der Waals surface area contributed by atoms with Crippen LogP contribution in [0.2, 0.25) is 0 Å². The molecule has 4 rings (SSSR count). The third-order valence-electron chi connectivity index (χ3n) is 7.06. The predicted molar refractivity (Wildman–Crippen MR) is 94.1 cm³/mol. The molecule has 6 unspecified atom stereocenters. The van der Waals surface area contributed by atoms with Crippen LogP contribution in [-0.4, -0.2) is 16.8 Å². The van der Waals surface area contributed by atoms with Crippen LogP contribution in [0.3, 0.4) is 0 Å². The zero-order valence-corrected chi connectivity index (χ0v) is 15.3. The van der Waals surface area contributed by atoms with Gasteiger partial charge in [-0.05, 0) is 63.7 Å². The fourth-order valence-electron chi connectivity index (χ4n) is 6.47. The Labute approximate surface area is 143 Å². The van der Waals surface area contributed by atoms with Gasteiger partial charge in [0.2, 0.25) is 0 Å². The normalized spacial score (nSPS) is 44.7. The lowest BCUT2D eigenvalue weighted by atomic mass is 9.53. The molecule has 0 radical (unpaired) electrons. The molecule has 2 saturated carbocycles. The van der Waals surface area contributed by atoms with Crippen LogP contribution in [0.5, 0.6) is 0 Å². The lowest BCUT2D eigenvalue weighted by Gasteiger charge is -2.53. The molecular formula is C20H26O2S. The summed E-state index contributed by atoms with van der Waals surface area (Å²) in [6, 6.07) is 0. The van der Waals surface area contributed by atoms with Gasteiger partial charge >= 0.3 is 0 Å². The molecule has 1 spiro atoms. The van der Waals surface area contributed by atoms with Crippen LogP contribution < -0.4 is 0 Å². The molecule has 1 aliphatic heterocycles. The highest BCUT2D eigenvalue weighted by Gasteiger charge is 2.65. The van der Waals surface area contributed by atoms with Crippen molar-refractivity contribution in [2.24, 2.45) is 29.1 Å². The first kappa shape index (κ1) is 15.7. The van der Waals surface area contributed by atoms with Crippen LogP contribution >= 0.6 is 11.8 Å². The Morgan fingerprint density at radius 2 is 1.96 bits per heavy atom. The number of ketones is 2. The molecule has 2 bridgehead atoms. The summed E-state index contributed by atoms with van der Waals surface area (Å²) in [5.41, 5.74) is 2.05. The van der Waals surface area contributed by atoms with Gasteiger partial charge in [-0.3, -0.25) is 9.59 Å². The van der Waals surface area contributed by atoms with E-state index in [1.54, 1.807) is 13.8 Å². The summed E-state index contributed by atoms with van der Waals surface area (Å²) in [6.45, 7) is 7.66. The maximum absolute atomic E-state index is 12.8. The summed E-state index contributed by atoms with van der Waals surface area (Å²) in [4.78, 5) is 26.6. The van der Waals surface area contributed by atoms with Crippen molar-refractivity contribution in [3.05, 3.63) is 22.1 Å². The van der Waals surface area contributed by atoms with E-state index in [2.05, 4.69) is 19.9 Å². The van der Waals surface area contributed by atoms with E-state index in [1.165, 1.54) is 29.7 Å². The Hall–Kier alpha value is -0.830. The molecule has 0 aromatic carbocycles. The van der Waals surface area contributed by atoms with E-state index in [-0.39, 0.29) is 22.9 Å². The van der Waals surface area contributed by atoms with Gasteiger partial charge in [0.25, 0.3) is 0 Å². The largest absolute Gasteiger partial charge is 0.299 e. The molecule has 2 fully saturated rings. The van der Waals surface area contributed by atoms with Crippen LogP contribution in [0.15, 0.2) is 22.1 Å². The van der Waals surface area contributed by atoms with E-state index in [4.69, 9.17) is 0 Å². The minimum Gasteiger partial charge on any atom is -0.299 e. The lowest BCUT2D eigenvalue weighted by molar-refractivity contribution is -0.128. The van der Waals surface area contributed by atoms with E-state index in [1.807, 2.05) is 11.8 Å². The molecular weight excluding hydrogens is 304 g/mol. The van der Waals surface area contributed by atoms with Crippen molar-refractivity contribution in [3.63, 3.8) is 0 Å². The summed E-state index contributed by atoms with van der Waals surface area (Å²) in [7, 11) is 0. The number of fused-ring (bicyclic) bond motifs is 5. The van der Waals surface area contributed by atoms with Crippen LogP contribution in [0.1, 0.15) is 53.4 Å². The molecule has 23 heavy (non-hydrogen) atoms. The average molecular weight is 330 g/mol. The van der Waals surface area contributed by atoms with E-state index in [0.717, 1.165) is 17.9 Å². The fourth-order valence-corrected chi connectivity index (χ4v) is 8.17. The van der Waals surface area contributed by atoms with Gasteiger partial charge < -0.3 is 0 Å². The number of allylic oxidation sites excluding steroid dienone is 4. The molecule has 0 aromatic rings. The number of hydrogen-bond acceptors (Lipinski definition) is 3. The van der Waals surface area contributed by atoms with Crippen molar-refractivity contribution in [2.45, 2.75) is 58.6 Å². The molecule has 124 valence electrons. The van der Waals surface area contributed by atoms with Crippen LogP contribution in [0.4, 0.5) is 0 Å². The Morgan fingerprint density at radius 3 is 2.48 bits per heavy atom. The van der Waals surface area contributed by atoms with E-state index >= 15 is 0 Å². The minimum absolute atomic E-state index is 0.0266. The van der Waals surface area contributed by atoms with Crippen LogP contribution in [0.25, 0.3) is 0 Å². The van der Waals surface area contributed by atoms with Crippen molar-refractivity contribution < 1.29 is 9.59 Å². The standard InChI is InChI=1S/C20H26O2S/c1-10-7-16-11(2)17(12(3)21)18(13(4)22)20(19(16)23-10)9-14-5-6-15(20)8-14/h7,14-16,18-19H,5-6,8-9H2,1-4H3. The van der Waals surface area contributed by atoms with Gasteiger partial charge in [0.05, 0.1) is 5.92 Å². The summed E-state index contributed by atoms with van der Waals surface area (Å²) in [6.07, 6.45) is 7.36. The van der Waals surface area contributed by atoms with E-state index in [0.29, 0.717) is 17.1 Å². The van der Waals surface area contributed by atoms with Crippen molar-refractivity contribution in [2.75, 3.05) is 0 Å². The third-order valence-corrected chi connectivity index (χ3v) is 8.56. The third kappa shape index (κ3) is 1.95. The quantitative estimate of drug-likeness (QED) is 0.745. The molecule has 0 saturated heterocycles. The molecule has 0 N–H and O–H groups in total. The average Bonchev–Trinajstić information content (AvgIpc) is 3.15. The number of Topliss-reactive ketones (excluding diaryl/α,β-unsaturated/α-hetero) is 2. The topological polar surface area (TPSA) is 34.1 Å². The van der Waals surface area contributed by atoms with Crippen molar-refractivity contribution in [1.29, 1.82) is 0 Å². The highest BCUT2D eigenvalue weighted by molar-refractivity contribution is 8.04. The lowest BCUT2D eigenvalue weighted by Crippen LogP contribution is -2.53. The van der Waals surface area contributed by atoms with Crippen molar-refractivity contribution >= 4 is 23.3 Å². The van der Waals surface area contributed by atoms with Gasteiger partial charge in [-0.15, -0.1) is 11.8 Å². The first-order valence-corrected chi connectivity index (χ1v) is 9.81. The zero-order chi connectivity index (χ0) is 16.5. The molecule has 4 aliphatic rings. The first-order valence-electron chi connectivity index (χ1n) is 8.93. The molecule has 6 atom stereocenters. The number of carbonyl (C=O) groups is 2. The summed E-state index contributed by atoms with van der Waals surface area (Å²) < 4.78 is 0. The first-order chi connectivity index (χ1) is 10.9. The highest BCUT2D eigenvalue weighted by Crippen LogP contribution is 2.70. The second-order valence-electron chi connectivity index (χ2n) is 8.23. The van der Waals surface area contributed by atoms with Crippen molar-refractivity contribution in [3.8, 4) is 0 Å². The smallest absolute Gasteiger partial charge is 0.156 e. The van der Waals surface area contributed by atoms with Crippen LogP contribution in [0, 0.1) is 29.1 Å². The van der Waals surface area contributed by atoms with E-state index in [9.17, 15) is 9.59 Å². The second-order valence-corrected chi connectivity index (χ2v) is 9.62. The zero-order valence-electron chi connectivity index (χ0n) is 14.5. The number of carbonyl (C=O) groups excluding carboxylic acids is 2. The Kier molecular flexibility index (Phi) is 3.46. The van der Waals surface area contributed by atoms with Gasteiger partial charge in [0, 0.05) is 22.2 Å². The molecule has 0 aromatic heterocycles. The molecule has 0 amide bonds. The van der Waals surface area contributed by atoms with Gasteiger partial charge in [-0.1, -0.05) is 18.1 Å². The number of thioether (sulfide) groups is 1. The van der Waals surface area contributed by atoms with E-state index < -0.39 is 0 Å². The predicted octanol–water partition coefficient (Wildman–Crippen LogP) is 4.55. The SMILES string of the molecule is CC(=O)C1=C(C)C2C=C(C)SC2C2(CC3CCC2C3)C1C(C)=O. The Balaban J connectivity index is 1.94. The van der Waals surface area contributed by atoms with Gasteiger partial charge in [0.1, 0.15) is 5.78 Å². The minimum atomic E-state index is -0.164. The molecule has 3 heteroatoms. The second kappa shape index (κ2) is 5.08. The Bertz CT molecular complexity index is 659. The molecule has 1 heterocycles. The monoisotopic (exact) mass is 330 g/mol.